The van der Waals surface area contributed by atoms with Gasteiger partial charge in [-0.1, -0.05) is 70.5 Å². The van der Waals surface area contributed by atoms with Crippen molar-refractivity contribution in [3.05, 3.63) is 64.1 Å². The predicted molar refractivity (Wildman–Crippen MR) is 173 cm³/mol. The smallest absolute Gasteiger partial charge is 0.328 e. The van der Waals surface area contributed by atoms with E-state index in [-0.39, 0.29) is 48.2 Å². The first kappa shape index (κ1) is 36.8. The van der Waals surface area contributed by atoms with Gasteiger partial charge >= 0.3 is 5.97 Å². The lowest BCUT2D eigenvalue weighted by atomic mass is 9.85. The SMILES string of the molecule is CCC(C)[C@H](CC(=O)CNC)C(=O)N(C)[C@H](CC(OC)c1nc(C(=O)N[C@H](/C=C/C(=O)O)Cc2ccccc2)cs1)C(C)C. The number of ether oxygens (including phenoxy) is 1. The average Bonchev–Trinajstić information content (AvgIpc) is 3.49. The van der Waals surface area contributed by atoms with Gasteiger partial charge < -0.3 is 25.4 Å². The molecule has 242 valence electrons. The number of aromatic nitrogens is 1. The third kappa shape index (κ3) is 11.3. The Morgan fingerprint density at radius 1 is 1.14 bits per heavy atom. The third-order valence-corrected chi connectivity index (χ3v) is 8.88. The Kier molecular flexibility index (Phi) is 15.4. The Balaban J connectivity index is 2.21. The number of aliphatic carboxylic acids is 1. The molecule has 5 atom stereocenters. The number of benzene rings is 1. The topological polar surface area (TPSA) is 138 Å². The number of nitrogens with zero attached hydrogens (tertiary/aromatic N) is 2. The van der Waals surface area contributed by atoms with Crippen molar-refractivity contribution in [3.8, 4) is 0 Å². The number of ketones is 1. The molecular formula is C33H48N4O6S. The summed E-state index contributed by atoms with van der Waals surface area (Å²) in [4.78, 5) is 56.9. The number of amides is 2. The fourth-order valence-corrected chi connectivity index (χ4v) is 6.05. The van der Waals surface area contributed by atoms with E-state index in [2.05, 4.69) is 15.6 Å². The summed E-state index contributed by atoms with van der Waals surface area (Å²) >= 11 is 1.30. The summed E-state index contributed by atoms with van der Waals surface area (Å²) in [6.07, 6.45) is 3.86. The van der Waals surface area contributed by atoms with E-state index in [1.807, 2.05) is 58.0 Å². The second kappa shape index (κ2) is 18.4. The number of methoxy groups -OCH3 is 1. The first-order valence-corrected chi connectivity index (χ1v) is 16.0. The average molecular weight is 629 g/mol. The normalized spacial score (nSPS) is 15.0. The van der Waals surface area contributed by atoms with E-state index < -0.39 is 29.9 Å². The van der Waals surface area contributed by atoms with E-state index in [1.54, 1.807) is 31.5 Å². The minimum atomic E-state index is -1.10. The van der Waals surface area contributed by atoms with Crippen molar-refractivity contribution in [2.45, 2.75) is 71.6 Å². The largest absolute Gasteiger partial charge is 0.478 e. The van der Waals surface area contributed by atoms with Crippen LogP contribution in [0.25, 0.3) is 0 Å². The van der Waals surface area contributed by atoms with E-state index >= 15 is 0 Å². The fourth-order valence-electron chi connectivity index (χ4n) is 5.17. The fraction of sp³-hybridized carbons (Fsp3) is 0.545. The van der Waals surface area contributed by atoms with Gasteiger partial charge in [0.15, 0.2) is 0 Å². The number of carboxylic acids is 1. The van der Waals surface area contributed by atoms with E-state index in [0.717, 1.165) is 18.1 Å². The molecule has 0 radical (unpaired) electrons. The first-order chi connectivity index (χ1) is 20.9. The van der Waals surface area contributed by atoms with E-state index in [9.17, 15) is 19.2 Å². The van der Waals surface area contributed by atoms with Crippen molar-refractivity contribution in [2.75, 3.05) is 27.7 Å². The highest BCUT2D eigenvalue weighted by Gasteiger charge is 2.34. The zero-order chi connectivity index (χ0) is 32.8. The number of carboxylic acid groups (broad SMARTS) is 1. The number of carbonyl (C=O) groups is 4. The van der Waals surface area contributed by atoms with Crippen LogP contribution in [0.3, 0.4) is 0 Å². The van der Waals surface area contributed by atoms with Gasteiger partial charge in [-0.2, -0.15) is 0 Å². The molecule has 2 amide bonds. The molecule has 1 aromatic heterocycles. The Bertz CT molecular complexity index is 1250. The van der Waals surface area contributed by atoms with E-state index in [0.29, 0.717) is 17.8 Å². The highest BCUT2D eigenvalue weighted by Crippen LogP contribution is 2.31. The van der Waals surface area contributed by atoms with Crippen LogP contribution in [0, 0.1) is 17.8 Å². The number of hydrogen-bond donors (Lipinski definition) is 3. The Hall–Kier alpha value is -3.41. The van der Waals surface area contributed by atoms with Crippen molar-refractivity contribution in [1.29, 1.82) is 0 Å². The van der Waals surface area contributed by atoms with Gasteiger partial charge in [0.2, 0.25) is 5.91 Å². The lowest BCUT2D eigenvalue weighted by Gasteiger charge is -2.36. The van der Waals surface area contributed by atoms with Gasteiger partial charge in [-0.05, 0) is 30.9 Å². The summed E-state index contributed by atoms with van der Waals surface area (Å²) in [7, 11) is 5.09. The third-order valence-electron chi connectivity index (χ3n) is 7.94. The molecule has 0 fully saturated rings. The van der Waals surface area contributed by atoms with E-state index in [1.165, 1.54) is 17.4 Å². The number of Topliss-reactive ketones (excluding diaryl/α,β-unsaturated/α-hetero) is 1. The Morgan fingerprint density at radius 2 is 1.82 bits per heavy atom. The van der Waals surface area contributed by atoms with Gasteiger partial charge in [0.1, 0.15) is 22.6 Å². The summed E-state index contributed by atoms with van der Waals surface area (Å²) in [5.74, 6) is -1.85. The van der Waals surface area contributed by atoms with Crippen LogP contribution in [0.4, 0.5) is 0 Å². The number of likely N-dealkylation sites (N-methyl/N-ethyl adjacent to an activating group) is 1. The number of carbonyl (C=O) groups excluding carboxylic acids is 3. The summed E-state index contributed by atoms with van der Waals surface area (Å²) in [5.41, 5.74) is 1.16. The molecule has 0 bridgehead atoms. The molecule has 1 heterocycles. The van der Waals surface area contributed by atoms with Crippen LogP contribution in [0.15, 0.2) is 47.9 Å². The van der Waals surface area contributed by atoms with Crippen LogP contribution in [-0.2, 0) is 25.5 Å². The maximum Gasteiger partial charge on any atom is 0.328 e. The van der Waals surface area contributed by atoms with Gasteiger partial charge in [-0.3, -0.25) is 14.4 Å². The van der Waals surface area contributed by atoms with Crippen LogP contribution in [0.1, 0.15) is 74.1 Å². The minimum Gasteiger partial charge on any atom is -0.478 e. The van der Waals surface area contributed by atoms with Crippen LogP contribution in [0.5, 0.6) is 0 Å². The predicted octanol–water partition coefficient (Wildman–Crippen LogP) is 4.53. The first-order valence-electron chi connectivity index (χ1n) is 15.1. The summed E-state index contributed by atoms with van der Waals surface area (Å²) in [6.45, 7) is 8.35. The van der Waals surface area contributed by atoms with Crippen LogP contribution >= 0.6 is 11.3 Å². The molecule has 1 aromatic carbocycles. The standard InChI is InChI=1S/C33H48N4O6S/c1-8-22(4)26(17-25(38)19-34-5)33(42)37(6)28(21(2)3)18-29(43-7)32-36-27(20-44-32)31(41)35-24(14-15-30(39)40)16-23-12-10-9-11-13-23/h9-15,20-22,24,26,28-29,34H,8,16-19H2,1-7H3,(H,35,41)(H,39,40)/b15-14+/t22?,24-,26+,28-,29?/m1/s1. The molecule has 11 heteroatoms. The molecule has 0 aliphatic rings. The second-order valence-electron chi connectivity index (χ2n) is 11.5. The van der Waals surface area contributed by atoms with Gasteiger partial charge in [0.25, 0.3) is 5.91 Å². The highest BCUT2D eigenvalue weighted by molar-refractivity contribution is 7.09. The molecule has 0 aliphatic heterocycles. The Morgan fingerprint density at radius 3 is 2.39 bits per heavy atom. The van der Waals surface area contributed by atoms with Crippen molar-refractivity contribution >= 4 is 34.9 Å². The molecule has 44 heavy (non-hydrogen) atoms. The highest BCUT2D eigenvalue weighted by atomic mass is 32.1. The Labute approximate surface area is 265 Å². The second-order valence-corrected chi connectivity index (χ2v) is 12.4. The summed E-state index contributed by atoms with van der Waals surface area (Å²) < 4.78 is 5.83. The van der Waals surface area contributed by atoms with Gasteiger partial charge in [0.05, 0.1) is 12.6 Å². The number of rotatable bonds is 19. The van der Waals surface area contributed by atoms with E-state index in [4.69, 9.17) is 9.84 Å². The monoisotopic (exact) mass is 628 g/mol. The van der Waals surface area contributed by atoms with Crippen LogP contribution in [0.2, 0.25) is 0 Å². The van der Waals surface area contributed by atoms with Crippen molar-refractivity contribution in [2.24, 2.45) is 17.8 Å². The zero-order valence-corrected chi connectivity index (χ0v) is 27.7. The molecule has 0 aliphatic carbocycles. The molecular weight excluding hydrogens is 580 g/mol. The summed E-state index contributed by atoms with van der Waals surface area (Å²) in [6, 6.07) is 8.74. The molecule has 2 rings (SSSR count). The molecule has 10 nitrogen and oxygen atoms in total. The quantitative estimate of drug-likeness (QED) is 0.193. The summed E-state index contributed by atoms with van der Waals surface area (Å²) in [5, 5.41) is 17.1. The molecule has 0 saturated heterocycles. The van der Waals surface area contributed by atoms with Crippen molar-refractivity contribution in [1.82, 2.24) is 20.5 Å². The number of thiazole rings is 1. The van der Waals surface area contributed by atoms with Crippen LogP contribution < -0.4 is 10.6 Å². The van der Waals surface area contributed by atoms with Gasteiger partial charge in [-0.15, -0.1) is 11.3 Å². The molecule has 0 saturated carbocycles. The zero-order valence-electron chi connectivity index (χ0n) is 26.9. The maximum atomic E-state index is 13.8. The number of hydrogen-bond acceptors (Lipinski definition) is 8. The molecule has 0 spiro atoms. The molecule has 2 unspecified atom stereocenters. The van der Waals surface area contributed by atoms with Crippen molar-refractivity contribution < 1.29 is 29.0 Å². The van der Waals surface area contributed by atoms with Gasteiger partial charge in [0, 0.05) is 50.4 Å². The number of nitrogens with one attached hydrogen (secondary N) is 2. The maximum absolute atomic E-state index is 13.8. The van der Waals surface area contributed by atoms with Gasteiger partial charge in [-0.25, -0.2) is 9.78 Å². The lowest BCUT2D eigenvalue weighted by molar-refractivity contribution is -0.142. The molecule has 3 N–H and O–H groups in total. The minimum absolute atomic E-state index is 0.00784. The van der Waals surface area contributed by atoms with Crippen molar-refractivity contribution in [3.63, 3.8) is 0 Å². The molecule has 2 aromatic rings. The lowest BCUT2D eigenvalue weighted by Crippen LogP contribution is -2.46. The van der Waals surface area contributed by atoms with Crippen LogP contribution in [-0.4, -0.2) is 78.4 Å².